The number of halogens is 1. The molecule has 0 bridgehead atoms. The number of hydrogen-bond acceptors (Lipinski definition) is 4. The first-order chi connectivity index (χ1) is 15.0. The number of benzene rings is 1. The minimum atomic E-state index is 0. The average Bonchev–Trinajstić information content (AvgIpc) is 3.02. The van der Waals surface area contributed by atoms with E-state index in [4.69, 9.17) is 0 Å². The number of hydrogen-bond donors (Lipinski definition) is 2. The second kappa shape index (κ2) is 13.0. The van der Waals surface area contributed by atoms with Gasteiger partial charge in [-0.05, 0) is 57.9 Å². The van der Waals surface area contributed by atoms with Crippen molar-refractivity contribution in [2.45, 2.75) is 39.7 Å². The molecule has 0 spiro atoms. The molecule has 1 aliphatic rings. The van der Waals surface area contributed by atoms with E-state index in [1.165, 1.54) is 16.9 Å². The summed E-state index contributed by atoms with van der Waals surface area (Å²) in [5.74, 6) is 0.876. The zero-order valence-corrected chi connectivity index (χ0v) is 22.6. The molecule has 1 aromatic carbocycles. The molecule has 0 aliphatic carbocycles. The molecule has 2 aromatic rings. The van der Waals surface area contributed by atoms with Crippen LogP contribution in [0.3, 0.4) is 0 Å². The summed E-state index contributed by atoms with van der Waals surface area (Å²) in [5.41, 5.74) is 5.02. The van der Waals surface area contributed by atoms with Crippen LogP contribution in [0.4, 0.5) is 5.69 Å². The second-order valence-electron chi connectivity index (χ2n) is 8.54. The Morgan fingerprint density at radius 3 is 2.41 bits per heavy atom. The maximum Gasteiger partial charge on any atom is 0.191 e. The molecule has 1 atom stereocenters. The molecule has 1 fully saturated rings. The van der Waals surface area contributed by atoms with Crippen LogP contribution in [-0.4, -0.2) is 73.0 Å². The molecule has 32 heavy (non-hydrogen) atoms. The maximum absolute atomic E-state index is 4.53. The molecule has 0 amide bonds. The summed E-state index contributed by atoms with van der Waals surface area (Å²) in [6.45, 7) is 12.9. The number of aryl methyl sites for hydroxylation is 2. The van der Waals surface area contributed by atoms with Gasteiger partial charge in [-0.15, -0.1) is 24.0 Å². The molecule has 1 aliphatic heterocycles. The van der Waals surface area contributed by atoms with Gasteiger partial charge in [-0.25, -0.2) is 0 Å². The summed E-state index contributed by atoms with van der Waals surface area (Å²) in [5, 5.41) is 11.5. The van der Waals surface area contributed by atoms with Crippen molar-refractivity contribution in [3.05, 3.63) is 47.3 Å². The molecule has 8 heteroatoms. The fourth-order valence-electron chi connectivity index (χ4n) is 4.28. The van der Waals surface area contributed by atoms with Crippen molar-refractivity contribution in [3.63, 3.8) is 0 Å². The molecule has 2 N–H and O–H groups in total. The van der Waals surface area contributed by atoms with Crippen LogP contribution in [0.2, 0.25) is 0 Å². The molecule has 3 rings (SSSR count). The van der Waals surface area contributed by atoms with Gasteiger partial charge in [-0.1, -0.05) is 18.2 Å². The lowest BCUT2D eigenvalue weighted by Crippen LogP contribution is -2.47. The molecule has 2 heterocycles. The zero-order chi connectivity index (χ0) is 22.2. The largest absolute Gasteiger partial charge is 0.369 e. The fraction of sp³-hybridized carbons (Fsp3) is 0.583. The number of anilines is 1. The third-order valence-electron chi connectivity index (χ3n) is 6.21. The van der Waals surface area contributed by atoms with Gasteiger partial charge >= 0.3 is 0 Å². The summed E-state index contributed by atoms with van der Waals surface area (Å²) >= 11 is 0. The zero-order valence-electron chi connectivity index (χ0n) is 20.3. The van der Waals surface area contributed by atoms with E-state index >= 15 is 0 Å². The number of nitrogens with one attached hydrogen (secondary N) is 2. The van der Waals surface area contributed by atoms with Gasteiger partial charge < -0.3 is 15.5 Å². The topological polar surface area (TPSA) is 60.7 Å². The molecular weight excluding hydrogens is 513 g/mol. The molecule has 178 valence electrons. The Kier molecular flexibility index (Phi) is 10.8. The first-order valence-corrected chi connectivity index (χ1v) is 11.5. The van der Waals surface area contributed by atoms with Crippen LogP contribution in [0.1, 0.15) is 30.3 Å². The smallest absolute Gasteiger partial charge is 0.191 e. The van der Waals surface area contributed by atoms with Crippen molar-refractivity contribution in [2.75, 3.05) is 51.2 Å². The van der Waals surface area contributed by atoms with Crippen molar-refractivity contribution < 1.29 is 0 Å². The molecule has 0 saturated carbocycles. The number of guanidine groups is 1. The first-order valence-electron chi connectivity index (χ1n) is 11.5. The van der Waals surface area contributed by atoms with E-state index < -0.39 is 0 Å². The van der Waals surface area contributed by atoms with E-state index in [0.29, 0.717) is 6.04 Å². The molecule has 7 nitrogen and oxygen atoms in total. The number of para-hydroxylation sites is 1. The highest BCUT2D eigenvalue weighted by atomic mass is 127. The van der Waals surface area contributed by atoms with Gasteiger partial charge in [0, 0.05) is 64.2 Å². The van der Waals surface area contributed by atoms with E-state index in [9.17, 15) is 0 Å². The summed E-state index contributed by atoms with van der Waals surface area (Å²) in [7, 11) is 3.84. The summed E-state index contributed by atoms with van der Waals surface area (Å²) in [4.78, 5) is 9.44. The second-order valence-corrected chi connectivity index (χ2v) is 8.54. The number of nitrogens with zero attached hydrogens (tertiary/aromatic N) is 5. The molecular formula is C24H40IN7. The Bertz CT molecular complexity index is 842. The van der Waals surface area contributed by atoms with Crippen LogP contribution >= 0.6 is 24.0 Å². The minimum absolute atomic E-state index is 0. The number of rotatable bonds is 8. The lowest BCUT2D eigenvalue weighted by molar-refractivity contribution is 0.255. The lowest BCUT2D eigenvalue weighted by atomic mass is 10.1. The van der Waals surface area contributed by atoms with Gasteiger partial charge in [-0.3, -0.25) is 14.6 Å². The van der Waals surface area contributed by atoms with E-state index in [0.717, 1.165) is 63.8 Å². The highest BCUT2D eigenvalue weighted by Gasteiger charge is 2.17. The third kappa shape index (κ3) is 7.37. The van der Waals surface area contributed by atoms with Crippen LogP contribution in [0.5, 0.6) is 0 Å². The van der Waals surface area contributed by atoms with Gasteiger partial charge in [0.2, 0.25) is 0 Å². The number of aromatic nitrogens is 2. The predicted octanol–water partition coefficient (Wildman–Crippen LogP) is 2.96. The molecule has 0 radical (unpaired) electrons. The SMILES string of the molecule is CN=C(NCCCN1CCN(c2ccccc2)CC1)NC(C)Cc1c(C)nn(C)c1C.I. The predicted molar refractivity (Wildman–Crippen MR) is 145 cm³/mol. The minimum Gasteiger partial charge on any atom is -0.369 e. The van der Waals surface area contributed by atoms with E-state index in [1.807, 2.05) is 18.8 Å². The van der Waals surface area contributed by atoms with Crippen LogP contribution in [-0.2, 0) is 13.5 Å². The normalized spacial score (nSPS) is 15.9. The van der Waals surface area contributed by atoms with Crippen molar-refractivity contribution >= 4 is 35.6 Å². The Balaban J connectivity index is 0.00000363. The van der Waals surface area contributed by atoms with Gasteiger partial charge in [0.25, 0.3) is 0 Å². The highest BCUT2D eigenvalue weighted by molar-refractivity contribution is 14.0. The average molecular weight is 554 g/mol. The lowest BCUT2D eigenvalue weighted by Gasteiger charge is -2.36. The first kappa shape index (κ1) is 26.4. The van der Waals surface area contributed by atoms with E-state index in [1.54, 1.807) is 0 Å². The monoisotopic (exact) mass is 553 g/mol. The van der Waals surface area contributed by atoms with Gasteiger partial charge in [-0.2, -0.15) is 5.10 Å². The Morgan fingerprint density at radius 1 is 1.12 bits per heavy atom. The third-order valence-corrected chi connectivity index (χ3v) is 6.21. The van der Waals surface area contributed by atoms with Gasteiger partial charge in [0.05, 0.1) is 5.69 Å². The van der Waals surface area contributed by atoms with Crippen LogP contribution < -0.4 is 15.5 Å². The van der Waals surface area contributed by atoms with Crippen molar-refractivity contribution in [2.24, 2.45) is 12.0 Å². The molecule has 1 unspecified atom stereocenters. The van der Waals surface area contributed by atoms with Crippen LogP contribution in [0.15, 0.2) is 35.3 Å². The summed E-state index contributed by atoms with van der Waals surface area (Å²) < 4.78 is 1.96. The maximum atomic E-state index is 4.53. The van der Waals surface area contributed by atoms with Crippen LogP contribution in [0.25, 0.3) is 0 Å². The van der Waals surface area contributed by atoms with Gasteiger partial charge in [0.1, 0.15) is 0 Å². The fourth-order valence-corrected chi connectivity index (χ4v) is 4.28. The Morgan fingerprint density at radius 2 is 1.81 bits per heavy atom. The summed E-state index contributed by atoms with van der Waals surface area (Å²) in [6, 6.07) is 11.0. The van der Waals surface area contributed by atoms with Crippen LogP contribution in [0, 0.1) is 13.8 Å². The molecule has 1 saturated heterocycles. The Hall–Kier alpha value is -1.81. The number of piperazine rings is 1. The molecule has 1 aromatic heterocycles. The van der Waals surface area contributed by atoms with Gasteiger partial charge in [0.15, 0.2) is 5.96 Å². The summed E-state index contributed by atoms with van der Waals surface area (Å²) in [6.07, 6.45) is 2.05. The van der Waals surface area contributed by atoms with Crippen molar-refractivity contribution in [1.29, 1.82) is 0 Å². The van der Waals surface area contributed by atoms with E-state index in [2.05, 4.69) is 81.6 Å². The highest BCUT2D eigenvalue weighted by Crippen LogP contribution is 2.16. The van der Waals surface area contributed by atoms with Crippen molar-refractivity contribution in [3.8, 4) is 0 Å². The van der Waals surface area contributed by atoms with E-state index in [-0.39, 0.29) is 24.0 Å². The standard InChI is InChI=1S/C24H39N7.HI/c1-19(18-23-20(2)28-29(5)21(23)3)27-24(25-4)26-12-9-13-30-14-16-31(17-15-30)22-10-7-6-8-11-22;/h6-8,10-11,19H,9,12-18H2,1-5H3,(H2,25,26,27);1H. The van der Waals surface area contributed by atoms with Crippen molar-refractivity contribution in [1.82, 2.24) is 25.3 Å². The quantitative estimate of drug-likeness (QED) is 0.228. The Labute approximate surface area is 210 Å². The number of aliphatic imine (C=N–C) groups is 1.